The number of benzene rings is 3. The molecule has 0 amide bonds. The molecule has 0 radical (unpaired) electrons. The van der Waals surface area contributed by atoms with Gasteiger partial charge in [-0.3, -0.25) is 0 Å². The third-order valence-corrected chi connectivity index (χ3v) is 6.18. The van der Waals surface area contributed by atoms with Gasteiger partial charge in [0, 0.05) is 46.0 Å². The molecular formula is C27H24Cl2N4O. The smallest absolute Gasteiger partial charge is 0.132 e. The van der Waals surface area contributed by atoms with E-state index in [0.29, 0.717) is 32.8 Å². The van der Waals surface area contributed by atoms with E-state index in [0.717, 1.165) is 35.4 Å². The Kier molecular flexibility index (Phi) is 7.42. The van der Waals surface area contributed by atoms with Crippen LogP contribution in [0.2, 0.25) is 10.0 Å². The van der Waals surface area contributed by atoms with Crippen LogP contribution in [0.5, 0.6) is 5.75 Å². The van der Waals surface area contributed by atoms with E-state index >= 15 is 0 Å². The molecule has 34 heavy (non-hydrogen) atoms. The summed E-state index contributed by atoms with van der Waals surface area (Å²) in [5, 5.41) is 11.1. The molecule has 0 unspecified atom stereocenters. The van der Waals surface area contributed by atoms with Gasteiger partial charge in [-0.1, -0.05) is 41.4 Å². The fourth-order valence-corrected chi connectivity index (χ4v) is 4.24. The van der Waals surface area contributed by atoms with Crippen LogP contribution in [-0.4, -0.2) is 23.1 Å². The second-order valence-corrected chi connectivity index (χ2v) is 8.53. The summed E-state index contributed by atoms with van der Waals surface area (Å²) in [5.41, 5.74) is 4.72. The molecule has 7 heteroatoms. The lowest BCUT2D eigenvalue weighted by molar-refractivity contribution is 0.305. The highest BCUT2D eigenvalue weighted by Gasteiger charge is 2.15. The molecule has 1 N–H and O–H groups in total. The minimum absolute atomic E-state index is 0.244. The van der Waals surface area contributed by atoms with Crippen molar-refractivity contribution in [2.45, 2.75) is 20.5 Å². The number of nitrogens with one attached hydrogen (secondary N) is 1. The number of fused-ring (bicyclic) bond motifs is 1. The van der Waals surface area contributed by atoms with Crippen LogP contribution in [0.3, 0.4) is 0 Å². The van der Waals surface area contributed by atoms with Crippen LogP contribution in [-0.2, 0) is 6.61 Å². The maximum Gasteiger partial charge on any atom is 0.132 e. The van der Waals surface area contributed by atoms with Crippen molar-refractivity contribution in [2.75, 3.05) is 18.0 Å². The summed E-state index contributed by atoms with van der Waals surface area (Å²) in [6, 6.07) is 21.3. The molecule has 0 aliphatic carbocycles. The number of nitrogens with zero attached hydrogens (tertiary/aromatic N) is 3. The van der Waals surface area contributed by atoms with Crippen molar-refractivity contribution >= 4 is 51.6 Å². The highest BCUT2D eigenvalue weighted by molar-refractivity contribution is 6.35. The van der Waals surface area contributed by atoms with Crippen LogP contribution in [0.25, 0.3) is 22.7 Å². The van der Waals surface area contributed by atoms with Gasteiger partial charge < -0.3 is 14.6 Å². The highest BCUT2D eigenvalue weighted by atomic mass is 35.5. The minimum Gasteiger partial charge on any atom is -0.488 e. The lowest BCUT2D eigenvalue weighted by atomic mass is 10.0. The third kappa shape index (κ3) is 5.20. The number of allylic oxidation sites excluding steroid dienone is 1. The normalized spacial score (nSPS) is 11.4. The first kappa shape index (κ1) is 23.7. The Balaban J connectivity index is 1.73. The topological polar surface area (TPSA) is 64.9 Å². The van der Waals surface area contributed by atoms with Gasteiger partial charge in [-0.25, -0.2) is 4.98 Å². The molecule has 0 saturated heterocycles. The van der Waals surface area contributed by atoms with E-state index in [1.165, 1.54) is 0 Å². The van der Waals surface area contributed by atoms with Gasteiger partial charge in [0.15, 0.2) is 0 Å². The van der Waals surface area contributed by atoms with Crippen LogP contribution >= 0.6 is 23.2 Å². The van der Waals surface area contributed by atoms with Crippen molar-refractivity contribution in [3.63, 3.8) is 0 Å². The average molecular weight is 491 g/mol. The van der Waals surface area contributed by atoms with E-state index in [9.17, 15) is 5.26 Å². The van der Waals surface area contributed by atoms with Gasteiger partial charge in [0.05, 0.1) is 16.6 Å². The molecule has 0 spiro atoms. The molecule has 0 atom stereocenters. The number of para-hydroxylation sites is 2. The van der Waals surface area contributed by atoms with Crippen molar-refractivity contribution in [1.29, 1.82) is 5.26 Å². The first-order chi connectivity index (χ1) is 16.5. The lowest BCUT2D eigenvalue weighted by Crippen LogP contribution is -2.21. The van der Waals surface area contributed by atoms with Gasteiger partial charge in [-0.2, -0.15) is 5.26 Å². The summed E-state index contributed by atoms with van der Waals surface area (Å²) < 4.78 is 6.23. The Bertz CT molecular complexity index is 1350. The molecule has 172 valence electrons. The van der Waals surface area contributed by atoms with Gasteiger partial charge in [0.25, 0.3) is 0 Å². The predicted molar refractivity (Wildman–Crippen MR) is 140 cm³/mol. The molecule has 4 rings (SSSR count). The van der Waals surface area contributed by atoms with Crippen molar-refractivity contribution in [2.24, 2.45) is 0 Å². The second kappa shape index (κ2) is 10.6. The lowest BCUT2D eigenvalue weighted by Gasteiger charge is -2.23. The van der Waals surface area contributed by atoms with Crippen LogP contribution in [0.4, 0.5) is 5.69 Å². The predicted octanol–water partition coefficient (Wildman–Crippen LogP) is 7.36. The number of anilines is 1. The number of hydrogen-bond acceptors (Lipinski definition) is 4. The van der Waals surface area contributed by atoms with Crippen molar-refractivity contribution in [1.82, 2.24) is 9.97 Å². The maximum absolute atomic E-state index is 10.0. The van der Waals surface area contributed by atoms with Gasteiger partial charge in [-0.15, -0.1) is 0 Å². The monoisotopic (exact) mass is 490 g/mol. The number of halogens is 2. The Morgan fingerprint density at radius 1 is 1.09 bits per heavy atom. The van der Waals surface area contributed by atoms with Crippen LogP contribution in [0.1, 0.15) is 30.8 Å². The van der Waals surface area contributed by atoms with Gasteiger partial charge in [-0.05, 0) is 56.3 Å². The van der Waals surface area contributed by atoms with E-state index in [2.05, 4.69) is 34.8 Å². The van der Waals surface area contributed by atoms with Crippen molar-refractivity contribution < 1.29 is 4.74 Å². The SMILES string of the molecule is CCN(CC)c1ccc(/C(C#N)=C/c2nc3ccccc3[nH]2)c(OCc2ccc(Cl)cc2Cl)c1. The number of nitriles is 1. The second-order valence-electron chi connectivity index (χ2n) is 7.69. The van der Waals surface area contributed by atoms with Gasteiger partial charge in [0.2, 0.25) is 0 Å². The number of H-pyrrole nitrogens is 1. The number of hydrogen-bond donors (Lipinski definition) is 1. The Morgan fingerprint density at radius 3 is 2.59 bits per heavy atom. The zero-order valence-electron chi connectivity index (χ0n) is 19.0. The first-order valence-corrected chi connectivity index (χ1v) is 11.8. The van der Waals surface area contributed by atoms with E-state index in [4.69, 9.17) is 27.9 Å². The summed E-state index contributed by atoms with van der Waals surface area (Å²) >= 11 is 12.4. The Hall–Kier alpha value is -3.46. The largest absolute Gasteiger partial charge is 0.488 e. The molecule has 0 aliphatic heterocycles. The van der Waals surface area contributed by atoms with E-state index < -0.39 is 0 Å². The van der Waals surface area contributed by atoms with Crippen LogP contribution in [0.15, 0.2) is 60.7 Å². The maximum atomic E-state index is 10.0. The molecular weight excluding hydrogens is 467 g/mol. The van der Waals surface area contributed by atoms with E-state index in [1.54, 1.807) is 18.2 Å². The molecule has 0 fully saturated rings. The number of ether oxygens (including phenoxy) is 1. The molecule has 0 aliphatic rings. The molecule has 3 aromatic carbocycles. The van der Waals surface area contributed by atoms with Crippen LogP contribution in [0, 0.1) is 11.3 Å². The number of imidazole rings is 1. The quantitative estimate of drug-likeness (QED) is 0.262. The standard InChI is InChI=1S/C27H24Cl2N4O/c1-3-33(4-2)21-11-12-22(26(15-21)34-17-18-9-10-20(28)14-23(18)29)19(16-30)13-27-31-24-7-5-6-8-25(24)32-27/h5-15H,3-4,17H2,1-2H3,(H,31,32)/b19-13+. The number of rotatable bonds is 8. The number of aromatic amines is 1. The van der Waals surface area contributed by atoms with Crippen LogP contribution < -0.4 is 9.64 Å². The zero-order chi connectivity index (χ0) is 24.1. The van der Waals surface area contributed by atoms with E-state index in [-0.39, 0.29) is 6.61 Å². The fourth-order valence-electron chi connectivity index (χ4n) is 3.78. The Labute approximate surface area is 209 Å². The molecule has 0 saturated carbocycles. The molecule has 4 aromatic rings. The number of aromatic nitrogens is 2. The fraction of sp³-hybridized carbons (Fsp3) is 0.185. The summed E-state index contributed by atoms with van der Waals surface area (Å²) in [6.45, 7) is 6.17. The summed E-state index contributed by atoms with van der Waals surface area (Å²) in [5.74, 6) is 1.21. The molecule has 0 bridgehead atoms. The minimum atomic E-state index is 0.244. The van der Waals surface area contributed by atoms with Crippen molar-refractivity contribution in [3.05, 3.63) is 87.7 Å². The summed E-state index contributed by atoms with van der Waals surface area (Å²) in [6.07, 6.45) is 1.74. The first-order valence-electron chi connectivity index (χ1n) is 11.0. The third-order valence-electron chi connectivity index (χ3n) is 5.59. The average Bonchev–Trinajstić information content (AvgIpc) is 3.26. The molecule has 5 nitrogen and oxygen atoms in total. The van der Waals surface area contributed by atoms with Gasteiger partial charge in [0.1, 0.15) is 24.3 Å². The summed E-state index contributed by atoms with van der Waals surface area (Å²) in [7, 11) is 0. The zero-order valence-corrected chi connectivity index (χ0v) is 20.5. The van der Waals surface area contributed by atoms with E-state index in [1.807, 2.05) is 48.5 Å². The molecule has 1 aromatic heterocycles. The Morgan fingerprint density at radius 2 is 1.88 bits per heavy atom. The highest BCUT2D eigenvalue weighted by Crippen LogP contribution is 2.33. The van der Waals surface area contributed by atoms with Gasteiger partial charge >= 0.3 is 0 Å². The summed E-state index contributed by atoms with van der Waals surface area (Å²) in [4.78, 5) is 10.1. The molecule has 1 heterocycles. The van der Waals surface area contributed by atoms with Crippen molar-refractivity contribution in [3.8, 4) is 11.8 Å².